The Balaban J connectivity index is 1.46. The zero-order chi connectivity index (χ0) is 25.3. The number of tetrazole rings is 1. The van der Waals surface area contributed by atoms with Crippen LogP contribution in [-0.4, -0.2) is 83.9 Å². The molecule has 2 N–H and O–H groups in total. The fourth-order valence-electron chi connectivity index (χ4n) is 3.48. The molecule has 2 aliphatic rings. The van der Waals surface area contributed by atoms with Crippen molar-refractivity contribution < 1.29 is 37.6 Å². The van der Waals surface area contributed by atoms with E-state index in [1.807, 2.05) is 0 Å². The number of carboxylic acids is 1. The monoisotopic (exact) mass is 540 g/mol. The lowest BCUT2D eigenvalue weighted by atomic mass is 10.0. The highest BCUT2D eigenvalue weighted by Crippen LogP contribution is 2.41. The van der Waals surface area contributed by atoms with E-state index in [0.717, 1.165) is 21.3 Å². The molecule has 1 aromatic heterocycles. The van der Waals surface area contributed by atoms with Crippen LogP contribution in [0.15, 0.2) is 46.8 Å². The topological polar surface area (TPSA) is 211 Å². The van der Waals surface area contributed by atoms with Crippen LogP contribution in [0.2, 0.25) is 0 Å². The van der Waals surface area contributed by atoms with Crippen molar-refractivity contribution in [2.75, 3.05) is 11.5 Å². The van der Waals surface area contributed by atoms with Crippen LogP contribution < -0.4 is 10.4 Å². The molecule has 4 rings (SSSR count). The predicted molar refractivity (Wildman–Crippen MR) is 117 cm³/mol. The summed E-state index contributed by atoms with van der Waals surface area (Å²) in [5.74, 6) is -3.95. The Hall–Kier alpha value is -2.99. The fraction of sp³-hybridized carbons (Fsp3) is 0.333. The van der Waals surface area contributed by atoms with Crippen LogP contribution in [0.4, 0.5) is 0 Å². The van der Waals surface area contributed by atoms with Crippen molar-refractivity contribution in [1.29, 1.82) is 0 Å². The summed E-state index contributed by atoms with van der Waals surface area (Å²) in [4.78, 5) is 38.0. The number of thioether (sulfide) groups is 2. The van der Waals surface area contributed by atoms with Crippen LogP contribution in [0.3, 0.4) is 0 Å². The van der Waals surface area contributed by atoms with E-state index in [0.29, 0.717) is 11.1 Å². The third-order valence-electron chi connectivity index (χ3n) is 5.06. The van der Waals surface area contributed by atoms with Gasteiger partial charge in [-0.2, -0.15) is 0 Å². The number of benzene rings is 1. The van der Waals surface area contributed by atoms with Crippen molar-refractivity contribution in [3.63, 3.8) is 0 Å². The highest BCUT2D eigenvalue weighted by atomic mass is 32.2. The quantitative estimate of drug-likeness (QED) is 0.190. The molecule has 3 atom stereocenters. The summed E-state index contributed by atoms with van der Waals surface area (Å²) in [6.45, 7) is 0. The van der Waals surface area contributed by atoms with Crippen LogP contribution in [0.5, 0.6) is 0 Å². The molecule has 35 heavy (non-hydrogen) atoms. The maximum absolute atomic E-state index is 12.7. The molecule has 1 unspecified atom stereocenters. The van der Waals surface area contributed by atoms with E-state index in [4.69, 9.17) is 0 Å². The predicted octanol–water partition coefficient (Wildman–Crippen LogP) is -2.59. The van der Waals surface area contributed by atoms with Crippen molar-refractivity contribution in [2.45, 2.75) is 28.6 Å². The average molecular weight is 541 g/mol. The van der Waals surface area contributed by atoms with Gasteiger partial charge in [-0.25, -0.2) is 13.1 Å². The number of hydrogen-bond donors (Lipinski definition) is 2. The number of carbonyl (C=O) groups excluding carboxylic acids is 3. The Morgan fingerprint density at radius 2 is 2.03 bits per heavy atom. The molecule has 2 amide bonds. The summed E-state index contributed by atoms with van der Waals surface area (Å²) in [7, 11) is -4.66. The Morgan fingerprint density at radius 3 is 2.69 bits per heavy atom. The number of β-lactam (4-membered cyclic amide) rings is 1. The minimum atomic E-state index is -4.66. The molecule has 1 fully saturated rings. The highest BCUT2D eigenvalue weighted by molar-refractivity contribution is 8.01. The summed E-state index contributed by atoms with van der Waals surface area (Å²) in [5.41, 5.74) is 0.265. The van der Waals surface area contributed by atoms with Gasteiger partial charge in [-0.15, -0.1) is 16.9 Å². The van der Waals surface area contributed by atoms with E-state index in [9.17, 15) is 37.6 Å². The highest BCUT2D eigenvalue weighted by Gasteiger charge is 2.53. The van der Waals surface area contributed by atoms with E-state index in [2.05, 4.69) is 20.8 Å². The van der Waals surface area contributed by atoms with Crippen molar-refractivity contribution in [2.24, 2.45) is 0 Å². The number of aromatic nitrogens is 4. The first-order valence-electron chi connectivity index (χ1n) is 9.81. The molecule has 14 nitrogen and oxygen atoms in total. The maximum atomic E-state index is 12.7. The van der Waals surface area contributed by atoms with Gasteiger partial charge in [-0.3, -0.25) is 14.5 Å². The molecular formula is C18H16N6O8S3-2. The zero-order valence-corrected chi connectivity index (χ0v) is 20.0. The minimum Gasteiger partial charge on any atom is -0.747 e. The van der Waals surface area contributed by atoms with Crippen molar-refractivity contribution in [3.8, 4) is 0 Å². The lowest BCUT2D eigenvalue weighted by molar-refractivity contribution is -0.301. The van der Waals surface area contributed by atoms with E-state index in [-0.39, 0.29) is 22.4 Å². The van der Waals surface area contributed by atoms with Crippen LogP contribution in [0, 0.1) is 0 Å². The number of carboxylic acid groups (broad SMARTS) is 1. The summed E-state index contributed by atoms with van der Waals surface area (Å²) >= 11 is 2.08. The first-order chi connectivity index (χ1) is 16.6. The smallest absolute Gasteiger partial charge is 0.254 e. The number of carbonyl (C=O) groups is 3. The Morgan fingerprint density at radius 1 is 1.31 bits per heavy atom. The number of hydrogen-bond acceptors (Lipinski definition) is 13. The van der Waals surface area contributed by atoms with Gasteiger partial charge in [0.1, 0.15) is 27.4 Å². The molecule has 1 saturated heterocycles. The number of aliphatic carboxylic acids is 1. The molecule has 3 heterocycles. The summed E-state index contributed by atoms with van der Waals surface area (Å²) in [5, 5.41) is 34.2. The minimum absolute atomic E-state index is 0.0308. The second-order valence-electron chi connectivity index (χ2n) is 7.39. The van der Waals surface area contributed by atoms with E-state index < -0.39 is 51.3 Å². The largest absolute Gasteiger partial charge is 0.747 e. The Labute approximate surface area is 206 Å². The van der Waals surface area contributed by atoms with Crippen molar-refractivity contribution >= 4 is 51.4 Å². The van der Waals surface area contributed by atoms with Crippen LogP contribution in [-0.2, 0) is 30.4 Å². The van der Waals surface area contributed by atoms with Gasteiger partial charge in [-0.1, -0.05) is 42.1 Å². The average Bonchev–Trinajstić information content (AvgIpc) is 3.25. The van der Waals surface area contributed by atoms with Crippen molar-refractivity contribution in [3.05, 3.63) is 47.2 Å². The second kappa shape index (κ2) is 9.94. The van der Waals surface area contributed by atoms with Crippen molar-refractivity contribution in [1.82, 2.24) is 30.4 Å². The number of aliphatic hydroxyl groups is 1. The zero-order valence-electron chi connectivity index (χ0n) is 17.5. The normalized spacial score (nSPS) is 20.7. The molecule has 0 spiro atoms. The number of aliphatic hydroxyl groups excluding tert-OH is 1. The Kier molecular flexibility index (Phi) is 7.13. The van der Waals surface area contributed by atoms with Gasteiger partial charge >= 0.3 is 0 Å². The summed E-state index contributed by atoms with van der Waals surface area (Å²) in [6, 6.07) is 7.08. The molecule has 0 radical (unpaired) electrons. The first-order valence-corrected chi connectivity index (χ1v) is 13.4. The lowest BCUT2D eigenvalue weighted by Crippen LogP contribution is -2.71. The van der Waals surface area contributed by atoms with E-state index in [1.54, 1.807) is 30.3 Å². The number of nitrogens with one attached hydrogen (secondary N) is 1. The lowest BCUT2D eigenvalue weighted by Gasteiger charge is -2.51. The fourth-order valence-corrected chi connectivity index (χ4v) is 6.40. The number of rotatable bonds is 9. The molecule has 1 aromatic carbocycles. The Bertz CT molecular complexity index is 1300. The standard InChI is InChI=1S/C18H18N6O8S3/c25-13(9-4-2-1-3-5-9)14(26)19-11-15(27)24-12(17(28)29)10(6-33-16(11)24)7-34-18-20-21-22-23(18)8-35(30,31)32/h1-5,11,13,16,25H,6-8H2,(H,19,26)(H,28,29)(H,30,31,32)/p-2/t11?,13-,16-/m1/s1. The van der Waals surface area contributed by atoms with Crippen LogP contribution >= 0.6 is 23.5 Å². The van der Waals surface area contributed by atoms with Gasteiger partial charge in [0.05, 0.1) is 11.7 Å². The summed E-state index contributed by atoms with van der Waals surface area (Å²) < 4.78 is 33.7. The number of nitrogens with zero attached hydrogens (tertiary/aromatic N) is 5. The molecule has 0 saturated carbocycles. The molecular weight excluding hydrogens is 524 g/mol. The van der Waals surface area contributed by atoms with Gasteiger partial charge < -0.3 is 24.9 Å². The molecule has 186 valence electrons. The summed E-state index contributed by atoms with van der Waals surface area (Å²) in [6.07, 6.45) is -1.50. The molecule has 17 heteroatoms. The molecule has 2 aliphatic heterocycles. The third kappa shape index (κ3) is 5.32. The van der Waals surface area contributed by atoms with Gasteiger partial charge in [0.2, 0.25) is 5.16 Å². The van der Waals surface area contributed by atoms with Gasteiger partial charge in [0.25, 0.3) is 11.8 Å². The molecule has 0 bridgehead atoms. The molecule has 2 aromatic rings. The molecule has 0 aliphatic carbocycles. The van der Waals surface area contributed by atoms with Gasteiger partial charge in [-0.05, 0) is 21.6 Å². The SMILES string of the molecule is O=C([O-])C1=C(CSc2nnnn2CS(=O)(=O)[O-])CS[C@@H]2C(NC(=O)[C@H](O)c3ccccc3)C(=O)N12. The second-order valence-corrected chi connectivity index (χ2v) is 10.8. The third-order valence-corrected chi connectivity index (χ3v) is 8.00. The van der Waals surface area contributed by atoms with Crippen LogP contribution in [0.25, 0.3) is 0 Å². The number of fused-ring (bicyclic) bond motifs is 1. The van der Waals surface area contributed by atoms with E-state index in [1.165, 1.54) is 11.8 Å². The van der Waals surface area contributed by atoms with Crippen LogP contribution in [0.1, 0.15) is 11.7 Å². The van der Waals surface area contributed by atoms with Gasteiger partial charge in [0.15, 0.2) is 6.10 Å². The van der Waals surface area contributed by atoms with Gasteiger partial charge in [0, 0.05) is 11.5 Å². The first kappa shape index (κ1) is 25.1. The number of amides is 2. The maximum Gasteiger partial charge on any atom is 0.254 e. The van der Waals surface area contributed by atoms with E-state index >= 15 is 0 Å².